The van der Waals surface area contributed by atoms with Crippen LogP contribution in [0.4, 0.5) is 0 Å². The van der Waals surface area contributed by atoms with Crippen LogP contribution in [-0.2, 0) is 7.05 Å². The molecule has 0 spiro atoms. The molecule has 0 saturated carbocycles. The maximum absolute atomic E-state index is 11.0. The highest BCUT2D eigenvalue weighted by atomic mass is 16.3. The topological polar surface area (TPSA) is 90.2 Å². The summed E-state index contributed by atoms with van der Waals surface area (Å²) in [6.45, 7) is 1.39. The average Bonchev–Trinajstić information content (AvgIpc) is 2.08. The third kappa shape index (κ3) is 0.884. The van der Waals surface area contributed by atoms with Gasteiger partial charge >= 0.3 is 5.69 Å². The van der Waals surface area contributed by atoms with Gasteiger partial charge in [0.2, 0.25) is 5.88 Å². The van der Waals surface area contributed by atoms with Gasteiger partial charge in [0.25, 0.3) is 5.56 Å². The number of aromatic hydroxyl groups is 1. The summed E-state index contributed by atoms with van der Waals surface area (Å²) in [6, 6.07) is 0. The van der Waals surface area contributed by atoms with Gasteiger partial charge in [-0.3, -0.25) is 9.36 Å². The first-order valence-electron chi connectivity index (χ1n) is 3.23. The summed E-state index contributed by atoms with van der Waals surface area (Å²) in [7, 11) is 1.33. The zero-order valence-corrected chi connectivity index (χ0v) is 6.74. The molecule has 12 heavy (non-hydrogen) atoms. The van der Waals surface area contributed by atoms with Crippen molar-refractivity contribution in [3.05, 3.63) is 26.4 Å². The molecule has 0 amide bonds. The molecule has 0 fully saturated rings. The number of aromatic nitrogens is 2. The molecule has 1 heterocycles. The van der Waals surface area contributed by atoms with Crippen LogP contribution in [0.25, 0.3) is 0 Å². The van der Waals surface area contributed by atoms with Crippen molar-refractivity contribution in [3.63, 3.8) is 0 Å². The lowest BCUT2D eigenvalue weighted by molar-refractivity contribution is 0.408. The van der Waals surface area contributed by atoms with Gasteiger partial charge in [0.05, 0.1) is 5.56 Å². The van der Waals surface area contributed by atoms with E-state index in [1.54, 1.807) is 0 Å². The van der Waals surface area contributed by atoms with Crippen LogP contribution in [0.5, 0.6) is 5.88 Å². The maximum Gasteiger partial charge on any atom is 0.352 e. The quantitative estimate of drug-likeness (QED) is 0.454. The van der Waals surface area contributed by atoms with E-state index in [0.717, 1.165) is 4.57 Å². The molecular formula is C6H9N3O3. The second-order valence-electron chi connectivity index (χ2n) is 2.47. The van der Waals surface area contributed by atoms with Crippen LogP contribution in [0.2, 0.25) is 0 Å². The fourth-order valence-electron chi connectivity index (χ4n) is 0.867. The number of nitrogens with zero attached hydrogens (tertiary/aromatic N) is 2. The van der Waals surface area contributed by atoms with Crippen LogP contribution < -0.4 is 17.1 Å². The highest BCUT2D eigenvalue weighted by molar-refractivity contribution is 5.20. The molecule has 0 aliphatic carbocycles. The maximum atomic E-state index is 11.0. The van der Waals surface area contributed by atoms with Crippen LogP contribution in [0.3, 0.4) is 0 Å². The van der Waals surface area contributed by atoms with E-state index in [4.69, 9.17) is 5.84 Å². The number of hydrogen-bond donors (Lipinski definition) is 2. The van der Waals surface area contributed by atoms with E-state index in [1.165, 1.54) is 14.0 Å². The van der Waals surface area contributed by atoms with E-state index in [9.17, 15) is 14.7 Å². The van der Waals surface area contributed by atoms with Gasteiger partial charge in [0.15, 0.2) is 0 Å². The zero-order chi connectivity index (χ0) is 9.46. The summed E-state index contributed by atoms with van der Waals surface area (Å²) in [4.78, 5) is 22.0. The Morgan fingerprint density at radius 2 is 1.92 bits per heavy atom. The second kappa shape index (κ2) is 2.40. The number of nitrogen functional groups attached to an aromatic ring is 1. The molecule has 0 aromatic carbocycles. The molecule has 1 aromatic heterocycles. The minimum absolute atomic E-state index is 0.0552. The molecule has 0 aliphatic rings. The van der Waals surface area contributed by atoms with Crippen LogP contribution in [0, 0.1) is 6.92 Å². The van der Waals surface area contributed by atoms with Crippen LogP contribution in [0.1, 0.15) is 5.56 Å². The average molecular weight is 171 g/mol. The Morgan fingerprint density at radius 1 is 1.42 bits per heavy atom. The highest BCUT2D eigenvalue weighted by Crippen LogP contribution is 2.04. The van der Waals surface area contributed by atoms with Crippen molar-refractivity contribution in [1.29, 1.82) is 0 Å². The molecule has 1 aromatic rings. The molecule has 0 radical (unpaired) electrons. The predicted molar refractivity (Wildman–Crippen MR) is 42.5 cm³/mol. The van der Waals surface area contributed by atoms with E-state index in [0.29, 0.717) is 4.68 Å². The van der Waals surface area contributed by atoms with Crippen molar-refractivity contribution in [3.8, 4) is 5.88 Å². The Bertz CT molecular complexity index is 392. The monoisotopic (exact) mass is 171 g/mol. The van der Waals surface area contributed by atoms with Crippen molar-refractivity contribution >= 4 is 0 Å². The summed E-state index contributed by atoms with van der Waals surface area (Å²) in [5, 5.41) is 9.19. The highest BCUT2D eigenvalue weighted by Gasteiger charge is 2.09. The fraction of sp³-hybridized carbons (Fsp3) is 0.333. The Balaban J connectivity index is 3.86. The summed E-state index contributed by atoms with van der Waals surface area (Å²) < 4.78 is 1.35. The Hall–Kier alpha value is -1.72. The van der Waals surface area contributed by atoms with Gasteiger partial charge in [-0.05, 0) is 6.92 Å². The van der Waals surface area contributed by atoms with E-state index in [-0.39, 0.29) is 11.4 Å². The first kappa shape index (κ1) is 8.38. The molecule has 0 bridgehead atoms. The molecule has 1 rings (SSSR count). The summed E-state index contributed by atoms with van der Waals surface area (Å²) in [5.74, 6) is 4.76. The standard InChI is InChI=1S/C6H9N3O3/c1-3-4(10)8(2)6(12)9(7)5(3)11/h10H,7H2,1-2H3. The van der Waals surface area contributed by atoms with Crippen LogP contribution in [0.15, 0.2) is 9.59 Å². The van der Waals surface area contributed by atoms with Gasteiger partial charge in [-0.25, -0.2) is 4.79 Å². The lowest BCUT2D eigenvalue weighted by atomic mass is 10.3. The number of nitrogens with two attached hydrogens (primary N) is 1. The van der Waals surface area contributed by atoms with E-state index >= 15 is 0 Å². The Kier molecular flexibility index (Phi) is 1.68. The van der Waals surface area contributed by atoms with Gasteiger partial charge in [-0.1, -0.05) is 0 Å². The summed E-state index contributed by atoms with van der Waals surface area (Å²) in [5.41, 5.74) is -1.38. The lowest BCUT2D eigenvalue weighted by Crippen LogP contribution is -2.44. The molecule has 6 heteroatoms. The third-order valence-electron chi connectivity index (χ3n) is 1.69. The van der Waals surface area contributed by atoms with Crippen molar-refractivity contribution < 1.29 is 5.11 Å². The molecule has 6 nitrogen and oxygen atoms in total. The van der Waals surface area contributed by atoms with Gasteiger partial charge in [-0.15, -0.1) is 0 Å². The van der Waals surface area contributed by atoms with E-state index in [2.05, 4.69) is 0 Å². The van der Waals surface area contributed by atoms with E-state index in [1.807, 2.05) is 0 Å². The van der Waals surface area contributed by atoms with Gasteiger partial charge < -0.3 is 10.9 Å². The first-order valence-corrected chi connectivity index (χ1v) is 3.23. The SMILES string of the molecule is Cc1c(O)n(C)c(=O)n(N)c1=O. The van der Waals surface area contributed by atoms with Gasteiger partial charge in [0, 0.05) is 7.05 Å². The van der Waals surface area contributed by atoms with Crippen LogP contribution >= 0.6 is 0 Å². The molecule has 3 N–H and O–H groups in total. The van der Waals surface area contributed by atoms with Crippen molar-refractivity contribution in [1.82, 2.24) is 9.24 Å². The molecule has 0 atom stereocenters. The van der Waals surface area contributed by atoms with Crippen LogP contribution in [-0.4, -0.2) is 14.3 Å². The zero-order valence-electron chi connectivity index (χ0n) is 6.74. The Labute approximate surface area is 67.4 Å². The predicted octanol–water partition coefficient (Wildman–Crippen LogP) is -1.73. The fourth-order valence-corrected chi connectivity index (χ4v) is 0.867. The Morgan fingerprint density at radius 3 is 2.42 bits per heavy atom. The number of rotatable bonds is 0. The second-order valence-corrected chi connectivity index (χ2v) is 2.47. The van der Waals surface area contributed by atoms with Crippen molar-refractivity contribution in [2.75, 3.05) is 5.84 Å². The molecule has 0 saturated heterocycles. The molecule has 0 aliphatic heterocycles. The van der Waals surface area contributed by atoms with E-state index < -0.39 is 11.2 Å². The number of hydrogen-bond acceptors (Lipinski definition) is 4. The first-order chi connectivity index (χ1) is 5.46. The lowest BCUT2D eigenvalue weighted by Gasteiger charge is -2.05. The minimum atomic E-state index is -0.747. The summed E-state index contributed by atoms with van der Waals surface area (Å²) >= 11 is 0. The van der Waals surface area contributed by atoms with Crippen molar-refractivity contribution in [2.45, 2.75) is 6.92 Å². The van der Waals surface area contributed by atoms with Gasteiger partial charge in [0.1, 0.15) is 0 Å². The molecule has 66 valence electrons. The molecule has 0 unspecified atom stereocenters. The normalized spacial score (nSPS) is 10.2. The summed E-state index contributed by atoms with van der Waals surface area (Å²) in [6.07, 6.45) is 0. The smallest absolute Gasteiger partial charge is 0.352 e. The van der Waals surface area contributed by atoms with Gasteiger partial charge in [-0.2, -0.15) is 4.68 Å². The third-order valence-corrected chi connectivity index (χ3v) is 1.69. The van der Waals surface area contributed by atoms with Crippen molar-refractivity contribution in [2.24, 2.45) is 7.05 Å². The largest absolute Gasteiger partial charge is 0.494 e. The molecular weight excluding hydrogens is 162 g/mol. The minimum Gasteiger partial charge on any atom is -0.494 e.